The van der Waals surface area contributed by atoms with Gasteiger partial charge in [-0.2, -0.15) is 0 Å². The molecule has 112 valence electrons. The van der Waals surface area contributed by atoms with E-state index in [-0.39, 0.29) is 17.3 Å². The monoisotopic (exact) mass is 283 g/mol. The maximum absolute atomic E-state index is 10.8. The lowest BCUT2D eigenvalue weighted by Crippen LogP contribution is -2.39. The van der Waals surface area contributed by atoms with Crippen molar-refractivity contribution in [2.24, 2.45) is 0 Å². The minimum absolute atomic E-state index is 0.129. The standard InChI is InChI=1S/C8H10N2O2.C5H11NO2/c1-9-8(12)10-6-3-2-4-7(11)5-6;1-5(2,3)6-4(7)8/h2-5,11H,1H3,(H2,9,10,12);6H,1-3H3,(H,7,8). The van der Waals surface area contributed by atoms with Gasteiger partial charge in [-0.05, 0) is 32.9 Å². The number of carbonyl (C=O) groups is 2. The van der Waals surface area contributed by atoms with Gasteiger partial charge in [-0.15, -0.1) is 0 Å². The first kappa shape index (κ1) is 17.6. The van der Waals surface area contributed by atoms with Crippen LogP contribution in [-0.4, -0.2) is 34.9 Å². The molecule has 0 aliphatic rings. The maximum atomic E-state index is 10.8. The molecule has 0 aliphatic heterocycles. The predicted octanol–water partition coefficient (Wildman–Crippen LogP) is 2.20. The Hall–Kier alpha value is -2.44. The number of nitrogens with one attached hydrogen (secondary N) is 3. The van der Waals surface area contributed by atoms with Crippen LogP contribution in [0, 0.1) is 0 Å². The van der Waals surface area contributed by atoms with E-state index in [1.54, 1.807) is 32.9 Å². The molecule has 0 spiro atoms. The smallest absolute Gasteiger partial charge is 0.405 e. The Balaban J connectivity index is 0.000000396. The summed E-state index contributed by atoms with van der Waals surface area (Å²) < 4.78 is 0. The third-order valence-electron chi connectivity index (χ3n) is 1.81. The van der Waals surface area contributed by atoms with E-state index in [1.165, 1.54) is 19.2 Å². The average Bonchev–Trinajstić information content (AvgIpc) is 2.26. The van der Waals surface area contributed by atoms with E-state index in [2.05, 4.69) is 16.0 Å². The van der Waals surface area contributed by atoms with Crippen LogP contribution in [0.15, 0.2) is 24.3 Å². The zero-order valence-electron chi connectivity index (χ0n) is 12.0. The van der Waals surface area contributed by atoms with E-state index in [0.717, 1.165) is 0 Å². The van der Waals surface area contributed by atoms with E-state index in [0.29, 0.717) is 5.69 Å². The molecule has 0 heterocycles. The van der Waals surface area contributed by atoms with Crippen LogP contribution in [0.25, 0.3) is 0 Å². The van der Waals surface area contributed by atoms with Gasteiger partial charge in [0.1, 0.15) is 5.75 Å². The summed E-state index contributed by atoms with van der Waals surface area (Å²) in [5, 5.41) is 24.4. The summed E-state index contributed by atoms with van der Waals surface area (Å²) in [5.41, 5.74) is 0.237. The van der Waals surface area contributed by atoms with Crippen LogP contribution in [0.1, 0.15) is 20.8 Å². The zero-order valence-corrected chi connectivity index (χ0v) is 12.0. The molecular formula is C13H21N3O4. The number of anilines is 1. The number of amides is 3. The van der Waals surface area contributed by atoms with Crippen LogP contribution in [-0.2, 0) is 0 Å². The van der Waals surface area contributed by atoms with Crippen LogP contribution in [0.3, 0.4) is 0 Å². The summed E-state index contributed by atoms with van der Waals surface area (Å²) in [6.45, 7) is 5.38. The summed E-state index contributed by atoms with van der Waals surface area (Å²) in [5.74, 6) is 0.129. The highest BCUT2D eigenvalue weighted by Gasteiger charge is 2.10. The van der Waals surface area contributed by atoms with Gasteiger partial charge in [-0.1, -0.05) is 6.07 Å². The second-order valence-corrected chi connectivity index (χ2v) is 4.93. The van der Waals surface area contributed by atoms with Gasteiger partial charge in [0.25, 0.3) is 0 Å². The molecule has 0 aromatic heterocycles. The number of urea groups is 1. The highest BCUT2D eigenvalue weighted by molar-refractivity contribution is 5.89. The second-order valence-electron chi connectivity index (χ2n) is 4.93. The molecule has 7 nitrogen and oxygen atoms in total. The van der Waals surface area contributed by atoms with Gasteiger partial charge in [-0.3, -0.25) is 0 Å². The van der Waals surface area contributed by atoms with Crippen molar-refractivity contribution in [2.75, 3.05) is 12.4 Å². The minimum Gasteiger partial charge on any atom is -0.508 e. The van der Waals surface area contributed by atoms with Gasteiger partial charge >= 0.3 is 12.1 Å². The number of phenolic OH excluding ortho intramolecular Hbond substituents is 1. The molecule has 1 rings (SSSR count). The number of aromatic hydroxyl groups is 1. The van der Waals surface area contributed by atoms with Gasteiger partial charge in [-0.25, -0.2) is 9.59 Å². The average molecular weight is 283 g/mol. The lowest BCUT2D eigenvalue weighted by atomic mass is 10.1. The SMILES string of the molecule is CC(C)(C)NC(=O)O.CNC(=O)Nc1cccc(O)c1. The Labute approximate surface area is 118 Å². The number of hydrogen-bond donors (Lipinski definition) is 5. The fourth-order valence-electron chi connectivity index (χ4n) is 1.10. The summed E-state index contributed by atoms with van der Waals surface area (Å²) in [6, 6.07) is 6.04. The maximum Gasteiger partial charge on any atom is 0.405 e. The molecule has 1 aromatic rings. The summed E-state index contributed by atoms with van der Waals surface area (Å²) in [4.78, 5) is 20.7. The van der Waals surface area contributed by atoms with Crippen LogP contribution in [0.2, 0.25) is 0 Å². The van der Waals surface area contributed by atoms with Crippen LogP contribution >= 0.6 is 0 Å². The molecule has 0 atom stereocenters. The quantitative estimate of drug-likeness (QED) is 0.544. The van der Waals surface area contributed by atoms with Crippen LogP contribution < -0.4 is 16.0 Å². The van der Waals surface area contributed by atoms with E-state index in [1.807, 2.05) is 0 Å². The first-order chi connectivity index (χ1) is 9.14. The molecule has 7 heteroatoms. The number of carboxylic acid groups (broad SMARTS) is 1. The van der Waals surface area contributed by atoms with Gasteiger partial charge < -0.3 is 26.2 Å². The lowest BCUT2D eigenvalue weighted by Gasteiger charge is -2.16. The molecule has 0 bridgehead atoms. The van der Waals surface area contributed by atoms with Crippen LogP contribution in [0.5, 0.6) is 5.75 Å². The van der Waals surface area contributed by atoms with E-state index in [9.17, 15) is 9.59 Å². The van der Waals surface area contributed by atoms with Crippen molar-refractivity contribution in [3.63, 3.8) is 0 Å². The van der Waals surface area contributed by atoms with E-state index < -0.39 is 6.09 Å². The largest absolute Gasteiger partial charge is 0.508 e. The number of hydrogen-bond acceptors (Lipinski definition) is 3. The minimum atomic E-state index is -0.975. The Morgan fingerprint density at radius 2 is 1.80 bits per heavy atom. The first-order valence-electron chi connectivity index (χ1n) is 5.93. The van der Waals surface area contributed by atoms with Crippen molar-refractivity contribution < 1.29 is 19.8 Å². The Bertz CT molecular complexity index is 455. The predicted molar refractivity (Wildman–Crippen MR) is 77.1 cm³/mol. The van der Waals surface area contributed by atoms with Gasteiger partial charge in [0.05, 0.1) is 0 Å². The Morgan fingerprint density at radius 1 is 1.20 bits per heavy atom. The van der Waals surface area contributed by atoms with Gasteiger partial charge in [0.2, 0.25) is 0 Å². The molecule has 0 unspecified atom stereocenters. The Kier molecular flexibility index (Phi) is 6.92. The molecule has 0 saturated heterocycles. The number of carbonyl (C=O) groups excluding carboxylic acids is 1. The van der Waals surface area contributed by atoms with Gasteiger partial charge in [0, 0.05) is 24.3 Å². The molecule has 1 aromatic carbocycles. The second kappa shape index (κ2) is 7.88. The number of phenols is 1. The van der Waals surface area contributed by atoms with Crippen molar-refractivity contribution in [2.45, 2.75) is 26.3 Å². The molecule has 0 radical (unpaired) electrons. The molecular weight excluding hydrogens is 262 g/mol. The Morgan fingerprint density at radius 3 is 2.15 bits per heavy atom. The van der Waals surface area contributed by atoms with Crippen molar-refractivity contribution in [1.82, 2.24) is 10.6 Å². The third-order valence-corrected chi connectivity index (χ3v) is 1.81. The lowest BCUT2D eigenvalue weighted by molar-refractivity contribution is 0.184. The van der Waals surface area contributed by atoms with Crippen LogP contribution in [0.4, 0.5) is 15.3 Å². The summed E-state index contributed by atoms with van der Waals surface area (Å²) in [7, 11) is 1.53. The van der Waals surface area contributed by atoms with E-state index >= 15 is 0 Å². The number of benzene rings is 1. The topological polar surface area (TPSA) is 111 Å². The molecule has 3 amide bonds. The van der Waals surface area contributed by atoms with Crippen molar-refractivity contribution >= 4 is 17.8 Å². The van der Waals surface area contributed by atoms with Crippen molar-refractivity contribution in [3.05, 3.63) is 24.3 Å². The normalized spacial score (nSPS) is 9.80. The van der Waals surface area contributed by atoms with Gasteiger partial charge in [0.15, 0.2) is 0 Å². The number of rotatable bonds is 1. The molecule has 5 N–H and O–H groups in total. The zero-order chi connectivity index (χ0) is 15.8. The highest BCUT2D eigenvalue weighted by Crippen LogP contribution is 2.14. The molecule has 0 aliphatic carbocycles. The third kappa shape index (κ3) is 9.58. The molecule has 0 saturated carbocycles. The fraction of sp³-hybridized carbons (Fsp3) is 0.385. The molecule has 20 heavy (non-hydrogen) atoms. The highest BCUT2D eigenvalue weighted by atomic mass is 16.4. The summed E-state index contributed by atoms with van der Waals surface area (Å²) in [6.07, 6.45) is -0.975. The fourth-order valence-corrected chi connectivity index (χ4v) is 1.10. The summed E-state index contributed by atoms with van der Waals surface area (Å²) >= 11 is 0. The first-order valence-corrected chi connectivity index (χ1v) is 5.93. The van der Waals surface area contributed by atoms with E-state index in [4.69, 9.17) is 10.2 Å². The molecule has 0 fully saturated rings. The van der Waals surface area contributed by atoms with Crippen molar-refractivity contribution in [1.29, 1.82) is 0 Å². The van der Waals surface area contributed by atoms with Crippen molar-refractivity contribution in [3.8, 4) is 5.75 Å².